The van der Waals surface area contributed by atoms with Crippen LogP contribution in [0.1, 0.15) is 34.0 Å². The minimum absolute atomic E-state index is 0.000652. The Kier molecular flexibility index (Phi) is 7.22. The van der Waals surface area contributed by atoms with Gasteiger partial charge in [0.15, 0.2) is 0 Å². The summed E-state index contributed by atoms with van der Waals surface area (Å²) in [5, 5.41) is 0. The smallest absolute Gasteiger partial charge is 0.346 e. The highest BCUT2D eigenvalue weighted by Gasteiger charge is 2.23. The van der Waals surface area contributed by atoms with Crippen LogP contribution in [0.2, 0.25) is 0 Å². The van der Waals surface area contributed by atoms with Crippen molar-refractivity contribution in [2.24, 2.45) is 0 Å². The van der Waals surface area contributed by atoms with E-state index in [1.165, 1.54) is 6.20 Å². The number of nitrogen functional groups attached to an aromatic ring is 1. The number of esters is 2. The normalized spacial score (nSPS) is 10.5. The number of nitrogens with two attached hydrogens (primary N) is 1. The van der Waals surface area contributed by atoms with Crippen molar-refractivity contribution in [1.29, 1.82) is 0 Å². The zero-order valence-corrected chi connectivity index (χ0v) is 17.2. The molecule has 0 unspecified atom stereocenters. The van der Waals surface area contributed by atoms with Crippen molar-refractivity contribution in [2.45, 2.75) is 26.5 Å². The Bertz CT molecular complexity index is 1110. The summed E-state index contributed by atoms with van der Waals surface area (Å²) < 4.78 is 11.4. The number of carbonyl (C=O) groups is 2. The second-order valence-corrected chi connectivity index (χ2v) is 6.91. The van der Waals surface area contributed by atoms with Gasteiger partial charge in [-0.05, 0) is 23.6 Å². The van der Waals surface area contributed by atoms with Gasteiger partial charge in [0.05, 0.1) is 12.3 Å². The van der Waals surface area contributed by atoms with Gasteiger partial charge in [0.1, 0.15) is 18.7 Å². The van der Waals surface area contributed by atoms with Crippen LogP contribution in [-0.2, 0) is 33.8 Å². The maximum absolute atomic E-state index is 13.0. The summed E-state index contributed by atoms with van der Waals surface area (Å²) >= 11 is 0. The van der Waals surface area contributed by atoms with Crippen LogP contribution in [-0.4, -0.2) is 23.1 Å². The molecule has 0 aliphatic carbocycles. The molecule has 1 heterocycles. The SMILES string of the molecule is CCOC(=O)Cn1cc(Cc2ccccc2)c(N)c(C(=O)OCc2ccccc2)c1=O. The molecule has 3 aromatic rings. The van der Waals surface area contributed by atoms with Gasteiger partial charge in [-0.25, -0.2) is 4.79 Å². The van der Waals surface area contributed by atoms with E-state index in [1.54, 1.807) is 6.92 Å². The highest BCUT2D eigenvalue weighted by Crippen LogP contribution is 2.20. The second kappa shape index (κ2) is 10.2. The van der Waals surface area contributed by atoms with Gasteiger partial charge in [-0.2, -0.15) is 0 Å². The molecular weight excluding hydrogens is 396 g/mol. The molecule has 3 rings (SSSR count). The third-order valence-electron chi connectivity index (χ3n) is 4.66. The molecule has 0 spiro atoms. The Morgan fingerprint density at radius 2 is 1.55 bits per heavy atom. The number of benzene rings is 2. The number of hydrogen-bond donors (Lipinski definition) is 1. The van der Waals surface area contributed by atoms with Crippen LogP contribution in [0.15, 0.2) is 71.7 Å². The summed E-state index contributed by atoms with van der Waals surface area (Å²) in [7, 11) is 0. The maximum Gasteiger partial charge on any atom is 0.346 e. The van der Waals surface area contributed by atoms with Crippen LogP contribution in [0.5, 0.6) is 0 Å². The topological polar surface area (TPSA) is 101 Å². The molecule has 0 aliphatic rings. The fraction of sp³-hybridized carbons (Fsp3) is 0.208. The van der Waals surface area contributed by atoms with Gasteiger partial charge in [0, 0.05) is 12.6 Å². The van der Waals surface area contributed by atoms with Crippen molar-refractivity contribution in [3.05, 3.63) is 99.5 Å². The number of anilines is 1. The van der Waals surface area contributed by atoms with Gasteiger partial charge < -0.3 is 19.8 Å². The Morgan fingerprint density at radius 3 is 2.16 bits per heavy atom. The summed E-state index contributed by atoms with van der Waals surface area (Å²) in [5.74, 6) is -1.41. The summed E-state index contributed by atoms with van der Waals surface area (Å²) in [6.45, 7) is 1.54. The van der Waals surface area contributed by atoms with E-state index >= 15 is 0 Å². The number of aromatic nitrogens is 1. The molecule has 0 aliphatic heterocycles. The highest BCUT2D eigenvalue weighted by molar-refractivity contribution is 5.95. The average molecular weight is 420 g/mol. The van der Waals surface area contributed by atoms with E-state index in [-0.39, 0.29) is 31.0 Å². The lowest BCUT2D eigenvalue weighted by molar-refractivity contribution is -0.143. The Labute approximate surface area is 180 Å². The van der Waals surface area contributed by atoms with Gasteiger partial charge in [-0.1, -0.05) is 60.7 Å². The van der Waals surface area contributed by atoms with E-state index in [0.29, 0.717) is 12.0 Å². The van der Waals surface area contributed by atoms with Crippen molar-refractivity contribution >= 4 is 17.6 Å². The summed E-state index contributed by atoms with van der Waals surface area (Å²) in [6, 6.07) is 18.6. The Morgan fingerprint density at radius 1 is 0.935 bits per heavy atom. The first-order valence-corrected chi connectivity index (χ1v) is 9.92. The van der Waals surface area contributed by atoms with E-state index in [2.05, 4.69) is 0 Å². The van der Waals surface area contributed by atoms with Crippen molar-refractivity contribution in [3.63, 3.8) is 0 Å². The predicted molar refractivity (Wildman–Crippen MR) is 117 cm³/mol. The molecule has 7 nitrogen and oxygen atoms in total. The lowest BCUT2D eigenvalue weighted by Gasteiger charge is -2.15. The van der Waals surface area contributed by atoms with E-state index in [4.69, 9.17) is 15.2 Å². The zero-order chi connectivity index (χ0) is 22.2. The zero-order valence-electron chi connectivity index (χ0n) is 17.2. The second-order valence-electron chi connectivity index (χ2n) is 6.91. The fourth-order valence-electron chi connectivity index (χ4n) is 3.15. The van der Waals surface area contributed by atoms with E-state index in [9.17, 15) is 14.4 Å². The van der Waals surface area contributed by atoms with Gasteiger partial charge in [0.2, 0.25) is 0 Å². The molecule has 0 bridgehead atoms. The minimum atomic E-state index is -0.834. The molecule has 0 fully saturated rings. The molecule has 7 heteroatoms. The number of pyridine rings is 1. The number of ether oxygens (including phenoxy) is 2. The lowest BCUT2D eigenvalue weighted by atomic mass is 10.0. The first-order chi connectivity index (χ1) is 15.0. The third kappa shape index (κ3) is 5.60. The van der Waals surface area contributed by atoms with E-state index in [0.717, 1.165) is 15.7 Å². The van der Waals surface area contributed by atoms with Crippen LogP contribution in [0, 0.1) is 0 Å². The molecule has 2 aromatic carbocycles. The van der Waals surface area contributed by atoms with Crippen LogP contribution in [0.4, 0.5) is 5.69 Å². The molecule has 160 valence electrons. The third-order valence-corrected chi connectivity index (χ3v) is 4.66. The highest BCUT2D eigenvalue weighted by atomic mass is 16.5. The summed E-state index contributed by atoms with van der Waals surface area (Å²) in [4.78, 5) is 37.7. The number of nitrogens with zero attached hydrogens (tertiary/aromatic N) is 1. The molecule has 0 atom stereocenters. The predicted octanol–water partition coefficient (Wildman–Crippen LogP) is 2.94. The Balaban J connectivity index is 1.96. The van der Waals surface area contributed by atoms with Crippen LogP contribution < -0.4 is 11.3 Å². The van der Waals surface area contributed by atoms with Crippen molar-refractivity contribution < 1.29 is 19.1 Å². The summed E-state index contributed by atoms with van der Waals surface area (Å²) in [6.07, 6.45) is 1.88. The molecule has 0 radical (unpaired) electrons. The van der Waals surface area contributed by atoms with Crippen LogP contribution in [0.25, 0.3) is 0 Å². The first kappa shape index (κ1) is 21.8. The maximum atomic E-state index is 13.0. The molecule has 2 N–H and O–H groups in total. The van der Waals surface area contributed by atoms with Crippen LogP contribution in [0.3, 0.4) is 0 Å². The first-order valence-electron chi connectivity index (χ1n) is 9.92. The van der Waals surface area contributed by atoms with Crippen molar-refractivity contribution in [1.82, 2.24) is 4.57 Å². The lowest BCUT2D eigenvalue weighted by Crippen LogP contribution is -2.32. The van der Waals surface area contributed by atoms with Crippen molar-refractivity contribution in [3.8, 4) is 0 Å². The van der Waals surface area contributed by atoms with E-state index < -0.39 is 17.5 Å². The molecule has 0 amide bonds. The minimum Gasteiger partial charge on any atom is -0.465 e. The quantitative estimate of drug-likeness (QED) is 0.563. The molecule has 31 heavy (non-hydrogen) atoms. The number of carbonyl (C=O) groups excluding carboxylic acids is 2. The molecule has 0 saturated carbocycles. The molecule has 1 aromatic heterocycles. The monoisotopic (exact) mass is 420 g/mol. The van der Waals surface area contributed by atoms with Crippen molar-refractivity contribution in [2.75, 3.05) is 12.3 Å². The largest absolute Gasteiger partial charge is 0.465 e. The van der Waals surface area contributed by atoms with E-state index in [1.807, 2.05) is 60.7 Å². The standard InChI is InChI=1S/C24H24N2O5/c1-2-30-20(27)15-26-14-19(13-17-9-5-3-6-10-17)22(25)21(23(26)28)24(29)31-16-18-11-7-4-8-12-18/h3-12,14H,2,13,15-16,25H2,1H3. The molecular formula is C24H24N2O5. The fourth-order valence-corrected chi connectivity index (χ4v) is 3.15. The summed E-state index contributed by atoms with van der Waals surface area (Å²) in [5.41, 5.74) is 7.57. The average Bonchev–Trinajstić information content (AvgIpc) is 2.77. The Hall–Kier alpha value is -3.87. The van der Waals surface area contributed by atoms with Gasteiger partial charge in [-0.3, -0.25) is 9.59 Å². The van der Waals surface area contributed by atoms with Crippen LogP contribution >= 0.6 is 0 Å². The van der Waals surface area contributed by atoms with Gasteiger partial charge in [0.25, 0.3) is 5.56 Å². The van der Waals surface area contributed by atoms with Gasteiger partial charge in [-0.15, -0.1) is 0 Å². The van der Waals surface area contributed by atoms with Gasteiger partial charge >= 0.3 is 11.9 Å². The number of hydrogen-bond acceptors (Lipinski definition) is 6. The number of rotatable bonds is 8. The molecule has 0 saturated heterocycles.